The first kappa shape index (κ1) is 14.3. The largest absolute Gasteiger partial charge is 0.466 e. The number of esters is 1. The Bertz CT molecular complexity index is 325. The van der Waals surface area contributed by atoms with Crippen molar-refractivity contribution in [2.75, 3.05) is 26.2 Å². The van der Waals surface area contributed by atoms with Gasteiger partial charge in [-0.25, -0.2) is 0 Å². The average Bonchev–Trinajstić information content (AvgIpc) is 2.64. The van der Waals surface area contributed by atoms with Crippen molar-refractivity contribution < 1.29 is 14.3 Å². The lowest BCUT2D eigenvalue weighted by molar-refractivity contribution is -0.149. The number of nitrogens with one attached hydrogen (secondary N) is 1. The van der Waals surface area contributed by atoms with Crippen LogP contribution in [0.5, 0.6) is 0 Å². The molecule has 1 N–H and O–H groups in total. The standard InChI is InChI=1S/C14H24N2O3/c1-2-19-14(18)11-6-9-16(10-7-11)12-5-3-4-8-15-13(12)17/h11-12H,2-10H2,1H3,(H,15,17). The molecule has 1 unspecified atom stereocenters. The molecule has 2 aliphatic rings. The first-order valence-corrected chi connectivity index (χ1v) is 7.40. The van der Waals surface area contributed by atoms with E-state index in [0.29, 0.717) is 6.61 Å². The minimum atomic E-state index is -0.0764. The Morgan fingerprint density at radius 3 is 2.74 bits per heavy atom. The molecule has 2 fully saturated rings. The normalized spacial score (nSPS) is 26.6. The van der Waals surface area contributed by atoms with Crippen LogP contribution < -0.4 is 5.32 Å². The van der Waals surface area contributed by atoms with Crippen molar-refractivity contribution in [3.05, 3.63) is 0 Å². The van der Waals surface area contributed by atoms with E-state index in [2.05, 4.69) is 10.2 Å². The van der Waals surface area contributed by atoms with Gasteiger partial charge in [-0.05, 0) is 52.1 Å². The number of hydrogen-bond donors (Lipinski definition) is 1. The van der Waals surface area contributed by atoms with Crippen molar-refractivity contribution in [1.82, 2.24) is 10.2 Å². The Morgan fingerprint density at radius 1 is 1.32 bits per heavy atom. The van der Waals surface area contributed by atoms with Crippen LogP contribution in [0.2, 0.25) is 0 Å². The van der Waals surface area contributed by atoms with Crippen molar-refractivity contribution in [2.24, 2.45) is 5.92 Å². The number of piperidine rings is 1. The average molecular weight is 268 g/mol. The van der Waals surface area contributed by atoms with E-state index in [9.17, 15) is 9.59 Å². The maximum atomic E-state index is 12.0. The summed E-state index contributed by atoms with van der Waals surface area (Å²) >= 11 is 0. The summed E-state index contributed by atoms with van der Waals surface area (Å²) in [6, 6.07) is 0.00523. The highest BCUT2D eigenvalue weighted by Crippen LogP contribution is 2.23. The van der Waals surface area contributed by atoms with Crippen LogP contribution in [0, 0.1) is 5.92 Å². The molecule has 2 aliphatic heterocycles. The molecule has 0 aromatic heterocycles. The van der Waals surface area contributed by atoms with Crippen LogP contribution in [0.15, 0.2) is 0 Å². The summed E-state index contributed by atoms with van der Waals surface area (Å²) < 4.78 is 5.07. The van der Waals surface area contributed by atoms with Crippen LogP contribution in [0.1, 0.15) is 39.0 Å². The van der Waals surface area contributed by atoms with Gasteiger partial charge in [-0.15, -0.1) is 0 Å². The van der Waals surface area contributed by atoms with Gasteiger partial charge in [0.15, 0.2) is 0 Å². The van der Waals surface area contributed by atoms with E-state index >= 15 is 0 Å². The summed E-state index contributed by atoms with van der Waals surface area (Å²) in [5, 5.41) is 2.97. The lowest BCUT2D eigenvalue weighted by Gasteiger charge is -2.35. The van der Waals surface area contributed by atoms with Gasteiger partial charge >= 0.3 is 5.97 Å². The third kappa shape index (κ3) is 3.69. The molecule has 1 atom stereocenters. The van der Waals surface area contributed by atoms with Gasteiger partial charge in [-0.3, -0.25) is 14.5 Å². The van der Waals surface area contributed by atoms with Gasteiger partial charge in [0, 0.05) is 6.54 Å². The van der Waals surface area contributed by atoms with E-state index < -0.39 is 0 Å². The molecule has 5 nitrogen and oxygen atoms in total. The molecular weight excluding hydrogens is 244 g/mol. The third-order valence-corrected chi connectivity index (χ3v) is 4.10. The first-order valence-electron chi connectivity index (χ1n) is 7.40. The molecule has 2 saturated heterocycles. The number of amides is 1. The zero-order valence-electron chi connectivity index (χ0n) is 11.7. The second kappa shape index (κ2) is 6.89. The minimum Gasteiger partial charge on any atom is -0.466 e. The number of likely N-dealkylation sites (tertiary alicyclic amines) is 1. The molecule has 2 rings (SSSR count). The van der Waals surface area contributed by atoms with Crippen LogP contribution in [0.3, 0.4) is 0 Å². The number of nitrogens with zero attached hydrogens (tertiary/aromatic N) is 1. The molecule has 1 amide bonds. The van der Waals surface area contributed by atoms with E-state index in [1.165, 1.54) is 0 Å². The van der Waals surface area contributed by atoms with Gasteiger partial charge in [-0.2, -0.15) is 0 Å². The van der Waals surface area contributed by atoms with E-state index in [4.69, 9.17) is 4.74 Å². The molecule has 0 aromatic carbocycles. The van der Waals surface area contributed by atoms with E-state index in [-0.39, 0.29) is 23.8 Å². The molecule has 108 valence electrons. The number of rotatable bonds is 3. The molecular formula is C14H24N2O3. The summed E-state index contributed by atoms with van der Waals surface area (Å²) in [7, 11) is 0. The Labute approximate surface area is 114 Å². The van der Waals surface area contributed by atoms with Crippen molar-refractivity contribution in [2.45, 2.75) is 45.1 Å². The highest BCUT2D eigenvalue weighted by Gasteiger charge is 2.32. The molecule has 19 heavy (non-hydrogen) atoms. The fourth-order valence-electron chi connectivity index (χ4n) is 2.98. The quantitative estimate of drug-likeness (QED) is 0.774. The maximum Gasteiger partial charge on any atom is 0.309 e. The van der Waals surface area contributed by atoms with Gasteiger partial charge in [0.2, 0.25) is 5.91 Å². The Balaban J connectivity index is 1.85. The molecule has 2 heterocycles. The monoisotopic (exact) mass is 268 g/mol. The van der Waals surface area contributed by atoms with Crippen molar-refractivity contribution in [3.8, 4) is 0 Å². The van der Waals surface area contributed by atoms with Crippen LogP contribution in [-0.2, 0) is 14.3 Å². The van der Waals surface area contributed by atoms with Crippen molar-refractivity contribution >= 4 is 11.9 Å². The first-order chi connectivity index (χ1) is 9.22. The molecule has 0 bridgehead atoms. The molecule has 0 spiro atoms. The molecule has 0 aliphatic carbocycles. The smallest absolute Gasteiger partial charge is 0.309 e. The summed E-state index contributed by atoms with van der Waals surface area (Å²) in [5.41, 5.74) is 0. The lowest BCUT2D eigenvalue weighted by atomic mass is 9.95. The lowest BCUT2D eigenvalue weighted by Crippen LogP contribution is -2.49. The second-order valence-electron chi connectivity index (χ2n) is 5.36. The number of carbonyl (C=O) groups is 2. The predicted octanol–water partition coefficient (Wildman–Crippen LogP) is 0.930. The van der Waals surface area contributed by atoms with Gasteiger partial charge in [0.05, 0.1) is 18.6 Å². The van der Waals surface area contributed by atoms with Crippen molar-refractivity contribution in [3.63, 3.8) is 0 Å². The summed E-state index contributed by atoms with van der Waals surface area (Å²) in [6.07, 6.45) is 4.73. The van der Waals surface area contributed by atoms with Crippen LogP contribution in [0.25, 0.3) is 0 Å². The van der Waals surface area contributed by atoms with Crippen LogP contribution in [0.4, 0.5) is 0 Å². The maximum absolute atomic E-state index is 12.0. The van der Waals surface area contributed by atoms with E-state index in [1.807, 2.05) is 6.92 Å². The van der Waals surface area contributed by atoms with Gasteiger partial charge in [-0.1, -0.05) is 0 Å². The highest BCUT2D eigenvalue weighted by atomic mass is 16.5. The predicted molar refractivity (Wildman–Crippen MR) is 71.6 cm³/mol. The number of carbonyl (C=O) groups excluding carboxylic acids is 2. The minimum absolute atomic E-state index is 0.00523. The van der Waals surface area contributed by atoms with Crippen LogP contribution >= 0.6 is 0 Å². The van der Waals surface area contributed by atoms with Gasteiger partial charge in [0.1, 0.15) is 0 Å². The van der Waals surface area contributed by atoms with Crippen LogP contribution in [-0.4, -0.2) is 49.1 Å². The SMILES string of the molecule is CCOC(=O)C1CCN(C2CCCCNC2=O)CC1. The Hall–Kier alpha value is -1.10. The zero-order chi connectivity index (χ0) is 13.7. The fraction of sp³-hybridized carbons (Fsp3) is 0.857. The van der Waals surface area contributed by atoms with Gasteiger partial charge < -0.3 is 10.1 Å². The van der Waals surface area contributed by atoms with E-state index in [0.717, 1.165) is 51.7 Å². The molecule has 5 heteroatoms. The Kier molecular flexibility index (Phi) is 5.19. The Morgan fingerprint density at radius 2 is 2.05 bits per heavy atom. The van der Waals surface area contributed by atoms with E-state index in [1.54, 1.807) is 0 Å². The molecule has 0 radical (unpaired) electrons. The number of ether oxygens (including phenoxy) is 1. The van der Waals surface area contributed by atoms with Gasteiger partial charge in [0.25, 0.3) is 0 Å². The van der Waals surface area contributed by atoms with Crippen molar-refractivity contribution in [1.29, 1.82) is 0 Å². The summed E-state index contributed by atoms with van der Waals surface area (Å²) in [6.45, 7) is 4.73. The molecule has 0 saturated carbocycles. The third-order valence-electron chi connectivity index (χ3n) is 4.10. The zero-order valence-corrected chi connectivity index (χ0v) is 11.7. The highest BCUT2D eigenvalue weighted by molar-refractivity contribution is 5.82. The number of hydrogen-bond acceptors (Lipinski definition) is 4. The summed E-state index contributed by atoms with van der Waals surface area (Å²) in [4.78, 5) is 25.9. The molecule has 0 aromatic rings. The fourth-order valence-corrected chi connectivity index (χ4v) is 2.98. The second-order valence-corrected chi connectivity index (χ2v) is 5.36. The topological polar surface area (TPSA) is 58.6 Å². The summed E-state index contributed by atoms with van der Waals surface area (Å²) in [5.74, 6) is 0.101.